The third-order valence-corrected chi connectivity index (χ3v) is 7.23. The Morgan fingerprint density at radius 2 is 1.94 bits per heavy atom. The molecule has 8 nitrogen and oxygen atoms in total. The molecule has 1 saturated heterocycles. The number of hydrogen-bond donors (Lipinski definition) is 1. The van der Waals surface area contributed by atoms with Gasteiger partial charge in [0.1, 0.15) is 11.5 Å². The smallest absolute Gasteiger partial charge is 0.364 e. The highest BCUT2D eigenvalue weighted by Gasteiger charge is 2.75. The topological polar surface area (TPSA) is 88.8 Å². The van der Waals surface area contributed by atoms with Gasteiger partial charge >= 0.3 is 6.18 Å². The maximum absolute atomic E-state index is 13.7. The lowest BCUT2D eigenvalue weighted by molar-refractivity contribution is -0.141. The van der Waals surface area contributed by atoms with Gasteiger partial charge < -0.3 is 10.2 Å². The van der Waals surface area contributed by atoms with Crippen molar-refractivity contribution in [3.8, 4) is 5.69 Å². The van der Waals surface area contributed by atoms with E-state index in [-0.39, 0.29) is 29.2 Å². The number of anilines is 1. The van der Waals surface area contributed by atoms with Crippen LogP contribution in [0, 0.1) is 18.3 Å². The van der Waals surface area contributed by atoms with Crippen LogP contribution < -0.4 is 5.32 Å². The maximum atomic E-state index is 13.7. The van der Waals surface area contributed by atoms with Gasteiger partial charge in [-0.05, 0) is 42.7 Å². The lowest BCUT2D eigenvalue weighted by Crippen LogP contribution is -2.60. The molecule has 0 bridgehead atoms. The van der Waals surface area contributed by atoms with E-state index in [0.717, 1.165) is 30.8 Å². The molecule has 1 spiro atoms. The van der Waals surface area contributed by atoms with Crippen molar-refractivity contribution in [2.45, 2.75) is 38.0 Å². The quantitative estimate of drug-likeness (QED) is 0.651. The van der Waals surface area contributed by atoms with Crippen molar-refractivity contribution in [1.29, 1.82) is 0 Å². The average molecular weight is 455 g/mol. The van der Waals surface area contributed by atoms with E-state index < -0.39 is 11.9 Å². The van der Waals surface area contributed by atoms with Gasteiger partial charge in [-0.2, -0.15) is 28.2 Å². The standard InChI is InChI=1S/C22H20F3N7O/c1-12-3-2-4-14(18(12)32-28-5-6-29-32)20(33)31-11-13-7-21(13)8-15(19(21)31)30-17-10-26-16(9-27-17)22(23,24)25/h2-6,9-10,13,15,19H,7-8,11H2,1H3,(H,27,30). The van der Waals surface area contributed by atoms with Crippen LogP contribution in [0.3, 0.4) is 0 Å². The van der Waals surface area contributed by atoms with E-state index in [0.29, 0.717) is 23.7 Å². The highest BCUT2D eigenvalue weighted by molar-refractivity contribution is 5.99. The van der Waals surface area contributed by atoms with E-state index in [1.165, 1.54) is 4.80 Å². The Bertz CT molecular complexity index is 1230. The molecular weight excluding hydrogens is 435 g/mol. The van der Waals surface area contributed by atoms with E-state index in [4.69, 9.17) is 0 Å². The van der Waals surface area contributed by atoms with Crippen LogP contribution in [-0.2, 0) is 6.18 Å². The SMILES string of the molecule is Cc1cccc(C(=O)N2CC3CC34CC(Nc3cnc(C(F)(F)F)cn3)C24)c1-n1nccn1. The second kappa shape index (κ2) is 6.75. The second-order valence-electron chi connectivity index (χ2n) is 9.07. The van der Waals surface area contributed by atoms with Crippen LogP contribution in [0.5, 0.6) is 0 Å². The summed E-state index contributed by atoms with van der Waals surface area (Å²) in [5.41, 5.74) is 1.14. The summed E-state index contributed by atoms with van der Waals surface area (Å²) in [4.78, 5) is 24.4. The molecule has 4 atom stereocenters. The molecule has 1 amide bonds. The third kappa shape index (κ3) is 3.01. The number of piperidine rings is 1. The van der Waals surface area contributed by atoms with Gasteiger partial charge in [0.25, 0.3) is 5.91 Å². The van der Waals surface area contributed by atoms with Gasteiger partial charge in [-0.3, -0.25) is 4.79 Å². The number of amides is 1. The summed E-state index contributed by atoms with van der Waals surface area (Å²) in [6.07, 6.45) is 2.36. The highest BCUT2D eigenvalue weighted by atomic mass is 19.4. The van der Waals surface area contributed by atoms with Crippen LogP contribution in [0.4, 0.5) is 19.0 Å². The summed E-state index contributed by atoms with van der Waals surface area (Å²) in [6, 6.07) is 5.40. The van der Waals surface area contributed by atoms with Crippen LogP contribution in [0.1, 0.15) is 34.5 Å². The number of nitrogens with one attached hydrogen (secondary N) is 1. The van der Waals surface area contributed by atoms with Crippen molar-refractivity contribution in [3.05, 3.63) is 59.8 Å². The zero-order valence-electron chi connectivity index (χ0n) is 17.6. The van der Waals surface area contributed by atoms with Gasteiger partial charge in [0.15, 0.2) is 5.69 Å². The van der Waals surface area contributed by atoms with Crippen molar-refractivity contribution < 1.29 is 18.0 Å². The minimum atomic E-state index is -4.53. The number of halogens is 3. The number of carbonyl (C=O) groups is 1. The number of carbonyl (C=O) groups excluding carboxylic acids is 1. The van der Waals surface area contributed by atoms with Crippen molar-refractivity contribution >= 4 is 11.7 Å². The molecule has 3 aromatic rings. The van der Waals surface area contributed by atoms with E-state index in [1.807, 2.05) is 24.0 Å². The Morgan fingerprint density at radius 3 is 2.64 bits per heavy atom. The summed E-state index contributed by atoms with van der Waals surface area (Å²) in [7, 11) is 0. The van der Waals surface area contributed by atoms with Crippen molar-refractivity contribution in [3.63, 3.8) is 0 Å². The van der Waals surface area contributed by atoms with Gasteiger partial charge in [0.2, 0.25) is 0 Å². The zero-order chi connectivity index (χ0) is 23.0. The first-order chi connectivity index (χ1) is 15.8. The summed E-state index contributed by atoms with van der Waals surface area (Å²) >= 11 is 0. The lowest BCUT2D eigenvalue weighted by Gasteiger charge is -2.48. The minimum Gasteiger partial charge on any atom is -0.364 e. The average Bonchev–Trinajstić information content (AvgIpc) is 3.14. The Hall–Kier alpha value is -3.50. The van der Waals surface area contributed by atoms with E-state index in [2.05, 4.69) is 25.5 Å². The Kier molecular flexibility index (Phi) is 4.12. The molecule has 3 aliphatic rings. The molecule has 2 saturated carbocycles. The summed E-state index contributed by atoms with van der Waals surface area (Å²) < 4.78 is 38.3. The number of nitrogens with zero attached hydrogens (tertiary/aromatic N) is 6. The van der Waals surface area contributed by atoms with Crippen LogP contribution in [0.2, 0.25) is 0 Å². The molecule has 0 radical (unpaired) electrons. The number of hydrogen-bond acceptors (Lipinski definition) is 6. The van der Waals surface area contributed by atoms with Crippen LogP contribution in [0.25, 0.3) is 5.69 Å². The lowest BCUT2D eigenvalue weighted by atomic mass is 9.71. The van der Waals surface area contributed by atoms with Crippen molar-refractivity contribution in [2.24, 2.45) is 11.3 Å². The Morgan fingerprint density at radius 1 is 1.15 bits per heavy atom. The number of alkyl halides is 3. The van der Waals surface area contributed by atoms with E-state index in [9.17, 15) is 18.0 Å². The molecule has 1 N–H and O–H groups in total. The number of likely N-dealkylation sites (tertiary alicyclic amines) is 1. The maximum Gasteiger partial charge on any atom is 0.434 e. The molecule has 170 valence electrons. The number of aryl methyl sites for hydroxylation is 1. The molecule has 3 fully saturated rings. The fraction of sp³-hybridized carbons (Fsp3) is 0.409. The Balaban J connectivity index is 1.26. The molecule has 2 aromatic heterocycles. The predicted molar refractivity (Wildman–Crippen MR) is 111 cm³/mol. The van der Waals surface area contributed by atoms with Gasteiger partial charge in [0.05, 0.1) is 36.4 Å². The van der Waals surface area contributed by atoms with Gasteiger partial charge in [-0.25, -0.2) is 9.97 Å². The van der Waals surface area contributed by atoms with Gasteiger partial charge in [-0.1, -0.05) is 12.1 Å². The molecule has 4 unspecified atom stereocenters. The third-order valence-electron chi connectivity index (χ3n) is 7.23. The van der Waals surface area contributed by atoms with E-state index >= 15 is 0 Å². The largest absolute Gasteiger partial charge is 0.434 e. The normalized spacial score (nSPS) is 27.5. The Labute approximate surface area is 186 Å². The fourth-order valence-corrected chi connectivity index (χ4v) is 5.68. The van der Waals surface area contributed by atoms with Crippen molar-refractivity contribution in [2.75, 3.05) is 11.9 Å². The molecule has 6 rings (SSSR count). The predicted octanol–water partition coefficient (Wildman–Crippen LogP) is 3.10. The highest BCUT2D eigenvalue weighted by Crippen LogP contribution is 2.71. The first-order valence-corrected chi connectivity index (χ1v) is 10.7. The van der Waals surface area contributed by atoms with Gasteiger partial charge in [0, 0.05) is 12.6 Å². The first kappa shape index (κ1) is 20.1. The van der Waals surface area contributed by atoms with Crippen LogP contribution in [0.15, 0.2) is 43.0 Å². The molecule has 2 aliphatic carbocycles. The minimum absolute atomic E-state index is 0.0435. The van der Waals surface area contributed by atoms with Gasteiger partial charge in [-0.15, -0.1) is 0 Å². The molecular formula is C22H20F3N7O. The number of rotatable bonds is 4. The number of benzene rings is 1. The summed E-state index contributed by atoms with van der Waals surface area (Å²) in [5.74, 6) is 0.642. The van der Waals surface area contributed by atoms with E-state index in [1.54, 1.807) is 18.5 Å². The molecule has 3 heterocycles. The summed E-state index contributed by atoms with van der Waals surface area (Å²) in [5, 5.41) is 11.6. The molecule has 33 heavy (non-hydrogen) atoms. The van der Waals surface area contributed by atoms with Crippen molar-refractivity contribution in [1.82, 2.24) is 29.9 Å². The molecule has 1 aliphatic heterocycles. The zero-order valence-corrected chi connectivity index (χ0v) is 17.6. The number of para-hydroxylation sites is 1. The molecule has 1 aromatic carbocycles. The molecule has 11 heteroatoms. The first-order valence-electron chi connectivity index (χ1n) is 10.7. The monoisotopic (exact) mass is 455 g/mol. The van der Waals surface area contributed by atoms with Crippen LogP contribution >= 0.6 is 0 Å². The second-order valence-corrected chi connectivity index (χ2v) is 9.07. The fourth-order valence-electron chi connectivity index (χ4n) is 5.68. The van der Waals surface area contributed by atoms with Crippen LogP contribution in [-0.4, -0.2) is 54.4 Å². The summed E-state index contributed by atoms with van der Waals surface area (Å²) in [6.45, 7) is 2.58. The number of aromatic nitrogens is 5.